The Morgan fingerprint density at radius 2 is 1.66 bits per heavy atom. The fourth-order valence-corrected chi connectivity index (χ4v) is 5.19. The summed E-state index contributed by atoms with van der Waals surface area (Å²) < 4.78 is 13.3. The van der Waals surface area contributed by atoms with E-state index in [1.165, 1.54) is 62.3 Å². The molecule has 0 fully saturated rings. The summed E-state index contributed by atoms with van der Waals surface area (Å²) in [5.41, 5.74) is 3.79. The van der Waals surface area contributed by atoms with Gasteiger partial charge in [-0.2, -0.15) is 0 Å². The van der Waals surface area contributed by atoms with Crippen LogP contribution in [0.3, 0.4) is 0 Å². The van der Waals surface area contributed by atoms with Crippen LogP contribution in [0.2, 0.25) is 0 Å². The molecule has 1 aromatic heterocycles. The molecule has 0 radical (unpaired) electrons. The highest BCUT2D eigenvalue weighted by Crippen LogP contribution is 2.30. The standard InChI is InChI=1S/C35H48N2O4/c1-5-8-10-15-30(16-11-9-6-2)37-23-22-29-26-28(20-21-32(29)37)27(4)25-34(38)36-31-17-12-13-18-33(31)41-24-14-19-35(39)40-7-3/h12-13,17-18,20-23,25-26,30H,5-11,14-16,19,24H2,1-4H3,(H,36,38)/b27-25+. The summed E-state index contributed by atoms with van der Waals surface area (Å²) in [6.45, 7) is 9.02. The average Bonchev–Trinajstić information content (AvgIpc) is 3.39. The Hall–Kier alpha value is -3.54. The summed E-state index contributed by atoms with van der Waals surface area (Å²) >= 11 is 0. The molecule has 0 bridgehead atoms. The topological polar surface area (TPSA) is 69.6 Å². The predicted octanol–water partition coefficient (Wildman–Crippen LogP) is 9.11. The molecule has 0 aliphatic heterocycles. The van der Waals surface area contributed by atoms with Gasteiger partial charge < -0.3 is 19.4 Å². The van der Waals surface area contributed by atoms with Crippen LogP contribution in [0.1, 0.15) is 104 Å². The molecule has 1 heterocycles. The second-order valence-corrected chi connectivity index (χ2v) is 10.7. The monoisotopic (exact) mass is 560 g/mol. The maximum atomic E-state index is 12.9. The van der Waals surface area contributed by atoms with Gasteiger partial charge in [-0.15, -0.1) is 0 Å². The summed E-state index contributed by atoms with van der Waals surface area (Å²) in [5.74, 6) is 0.132. The molecule has 0 unspecified atom stereocenters. The van der Waals surface area contributed by atoms with Crippen molar-refractivity contribution in [3.8, 4) is 5.75 Å². The van der Waals surface area contributed by atoms with Gasteiger partial charge in [-0.05, 0) is 74.6 Å². The van der Waals surface area contributed by atoms with Gasteiger partial charge in [0, 0.05) is 35.6 Å². The van der Waals surface area contributed by atoms with Crippen LogP contribution in [0.4, 0.5) is 5.69 Å². The van der Waals surface area contributed by atoms with Crippen molar-refractivity contribution in [1.29, 1.82) is 0 Å². The molecule has 3 rings (SSSR count). The van der Waals surface area contributed by atoms with Crippen LogP contribution in [-0.2, 0) is 14.3 Å². The zero-order chi connectivity index (χ0) is 29.5. The van der Waals surface area contributed by atoms with Crippen LogP contribution < -0.4 is 10.1 Å². The van der Waals surface area contributed by atoms with Crippen molar-refractivity contribution in [2.24, 2.45) is 0 Å². The minimum absolute atomic E-state index is 0.213. The second-order valence-electron chi connectivity index (χ2n) is 10.7. The number of fused-ring (bicyclic) bond motifs is 1. The minimum atomic E-state index is -0.230. The molecular weight excluding hydrogens is 512 g/mol. The molecule has 0 aliphatic rings. The molecule has 41 heavy (non-hydrogen) atoms. The Bertz CT molecular complexity index is 1270. The van der Waals surface area contributed by atoms with Gasteiger partial charge in [-0.25, -0.2) is 0 Å². The SMILES string of the molecule is CCCCCC(CCCCC)n1ccc2cc(/C(C)=C/C(=O)Nc3ccccc3OCCCC(=O)OCC)ccc21. The predicted molar refractivity (Wildman–Crippen MR) is 169 cm³/mol. The van der Waals surface area contributed by atoms with E-state index >= 15 is 0 Å². The van der Waals surface area contributed by atoms with E-state index in [0.717, 1.165) is 11.1 Å². The number of rotatable bonds is 18. The van der Waals surface area contributed by atoms with Gasteiger partial charge in [0.05, 0.1) is 18.9 Å². The number of carbonyl (C=O) groups is 2. The molecule has 6 nitrogen and oxygen atoms in total. The Morgan fingerprint density at radius 3 is 2.37 bits per heavy atom. The van der Waals surface area contributed by atoms with Crippen LogP contribution in [0.25, 0.3) is 16.5 Å². The van der Waals surface area contributed by atoms with E-state index in [2.05, 4.69) is 54.2 Å². The van der Waals surface area contributed by atoms with E-state index in [9.17, 15) is 9.59 Å². The van der Waals surface area contributed by atoms with Gasteiger partial charge in [0.15, 0.2) is 0 Å². The molecule has 0 spiro atoms. The lowest BCUT2D eigenvalue weighted by Gasteiger charge is -2.20. The zero-order valence-corrected chi connectivity index (χ0v) is 25.4. The number of carbonyl (C=O) groups excluding carboxylic acids is 2. The van der Waals surface area contributed by atoms with Crippen LogP contribution in [0.5, 0.6) is 5.75 Å². The number of benzene rings is 2. The lowest BCUT2D eigenvalue weighted by atomic mass is 10.0. The summed E-state index contributed by atoms with van der Waals surface area (Å²) in [4.78, 5) is 24.5. The fraction of sp³-hybridized carbons (Fsp3) is 0.486. The molecule has 222 valence electrons. The molecule has 3 aromatic rings. The normalized spacial score (nSPS) is 11.7. The number of unbranched alkanes of at least 4 members (excludes halogenated alkanes) is 4. The molecular formula is C35H48N2O4. The van der Waals surface area contributed by atoms with Crippen molar-refractivity contribution >= 4 is 34.0 Å². The highest BCUT2D eigenvalue weighted by Gasteiger charge is 2.14. The Kier molecular flexibility index (Phi) is 13.5. The molecule has 0 saturated carbocycles. The van der Waals surface area contributed by atoms with Gasteiger partial charge in [0.1, 0.15) is 5.75 Å². The van der Waals surface area contributed by atoms with E-state index in [-0.39, 0.29) is 11.9 Å². The molecule has 0 atom stereocenters. The smallest absolute Gasteiger partial charge is 0.305 e. The third-order valence-electron chi connectivity index (χ3n) is 7.43. The van der Waals surface area contributed by atoms with Gasteiger partial charge >= 0.3 is 5.97 Å². The summed E-state index contributed by atoms with van der Waals surface area (Å²) in [7, 11) is 0. The quantitative estimate of drug-likeness (QED) is 0.0957. The van der Waals surface area contributed by atoms with Crippen LogP contribution in [-0.4, -0.2) is 29.7 Å². The van der Waals surface area contributed by atoms with E-state index in [1.54, 1.807) is 13.0 Å². The number of esters is 1. The summed E-state index contributed by atoms with van der Waals surface area (Å²) in [5, 5.41) is 4.15. The van der Waals surface area contributed by atoms with E-state index in [4.69, 9.17) is 9.47 Å². The number of hydrogen-bond donors (Lipinski definition) is 1. The first kappa shape index (κ1) is 32.0. The number of anilines is 1. The Labute approximate surface area is 246 Å². The first-order valence-corrected chi connectivity index (χ1v) is 15.4. The van der Waals surface area contributed by atoms with Crippen molar-refractivity contribution in [2.75, 3.05) is 18.5 Å². The number of ether oxygens (including phenoxy) is 2. The third kappa shape index (κ3) is 10.1. The van der Waals surface area contributed by atoms with Gasteiger partial charge in [0.25, 0.3) is 0 Å². The second kappa shape index (κ2) is 17.3. The van der Waals surface area contributed by atoms with Gasteiger partial charge in [-0.3, -0.25) is 9.59 Å². The summed E-state index contributed by atoms with van der Waals surface area (Å²) in [6.07, 6.45) is 14.8. The third-order valence-corrected chi connectivity index (χ3v) is 7.43. The number of nitrogens with zero attached hydrogens (tertiary/aromatic N) is 1. The first-order valence-electron chi connectivity index (χ1n) is 15.4. The minimum Gasteiger partial charge on any atom is -0.491 e. The van der Waals surface area contributed by atoms with Crippen molar-refractivity contribution < 1.29 is 19.1 Å². The molecule has 0 aliphatic carbocycles. The van der Waals surface area contributed by atoms with Crippen molar-refractivity contribution in [3.63, 3.8) is 0 Å². The van der Waals surface area contributed by atoms with Crippen LogP contribution in [0, 0.1) is 0 Å². The summed E-state index contributed by atoms with van der Waals surface area (Å²) in [6, 6.07) is 16.6. The number of amides is 1. The maximum absolute atomic E-state index is 12.9. The van der Waals surface area contributed by atoms with E-state index < -0.39 is 0 Å². The fourth-order valence-electron chi connectivity index (χ4n) is 5.19. The van der Waals surface area contributed by atoms with Gasteiger partial charge in [-0.1, -0.05) is 70.6 Å². The Balaban J connectivity index is 1.66. The lowest BCUT2D eigenvalue weighted by Crippen LogP contribution is -2.11. The average molecular weight is 561 g/mol. The molecule has 0 saturated heterocycles. The Morgan fingerprint density at radius 1 is 0.927 bits per heavy atom. The van der Waals surface area contributed by atoms with Crippen LogP contribution in [0.15, 0.2) is 60.8 Å². The van der Waals surface area contributed by atoms with E-state index in [0.29, 0.717) is 43.5 Å². The largest absolute Gasteiger partial charge is 0.491 e. The lowest BCUT2D eigenvalue weighted by molar-refractivity contribution is -0.143. The highest BCUT2D eigenvalue weighted by atomic mass is 16.5. The van der Waals surface area contributed by atoms with Crippen LogP contribution >= 0.6 is 0 Å². The maximum Gasteiger partial charge on any atom is 0.305 e. The van der Waals surface area contributed by atoms with Crippen molar-refractivity contribution in [3.05, 3.63) is 66.4 Å². The van der Waals surface area contributed by atoms with Crippen molar-refractivity contribution in [1.82, 2.24) is 4.57 Å². The number of allylic oxidation sites excluding steroid dienone is 1. The molecule has 1 amide bonds. The number of hydrogen-bond acceptors (Lipinski definition) is 4. The number of nitrogens with one attached hydrogen (secondary N) is 1. The molecule has 2 aromatic carbocycles. The number of para-hydroxylation sites is 2. The highest BCUT2D eigenvalue weighted by molar-refractivity contribution is 6.04. The molecule has 6 heteroatoms. The van der Waals surface area contributed by atoms with Crippen molar-refractivity contribution in [2.45, 2.75) is 97.9 Å². The molecule has 1 N–H and O–H groups in total. The van der Waals surface area contributed by atoms with E-state index in [1.807, 2.05) is 31.2 Å². The zero-order valence-electron chi connectivity index (χ0n) is 25.4. The first-order chi connectivity index (χ1) is 20.0. The van der Waals surface area contributed by atoms with Gasteiger partial charge in [0.2, 0.25) is 5.91 Å². The number of aromatic nitrogens is 1.